The van der Waals surface area contributed by atoms with E-state index in [2.05, 4.69) is 4.72 Å². The standard InChI is InChI=1S/C34H38N2O5S2/c1-22(2)34(17-16-24-10-8-7-9-11-24)20-29(37)31(32(38)41-34)42-30-18-23(3)28(19-27(30)33(4,5)6)36-43(39,40)26-14-12-25(21-35)13-15-26/h7-15,18-19,22,36-37H,16-17,20H2,1-6H3/t34-/m0/s1. The predicted octanol–water partition coefficient (Wildman–Crippen LogP) is 7.80. The summed E-state index contributed by atoms with van der Waals surface area (Å²) in [5, 5.41) is 20.3. The minimum absolute atomic E-state index is 0.00567. The van der Waals surface area contributed by atoms with Crippen LogP contribution in [-0.4, -0.2) is 25.1 Å². The van der Waals surface area contributed by atoms with Gasteiger partial charge in [-0.2, -0.15) is 5.26 Å². The number of cyclic esters (lactones) is 1. The van der Waals surface area contributed by atoms with E-state index in [1.54, 1.807) is 13.0 Å². The van der Waals surface area contributed by atoms with E-state index in [4.69, 9.17) is 10.00 Å². The number of rotatable bonds is 9. The van der Waals surface area contributed by atoms with Gasteiger partial charge in [-0.25, -0.2) is 13.2 Å². The molecule has 1 aliphatic heterocycles. The van der Waals surface area contributed by atoms with Gasteiger partial charge in [-0.05, 0) is 84.2 Å². The van der Waals surface area contributed by atoms with Gasteiger partial charge in [-0.15, -0.1) is 0 Å². The fraction of sp³-hybridized carbons (Fsp3) is 0.353. The molecule has 7 nitrogen and oxygen atoms in total. The number of anilines is 1. The summed E-state index contributed by atoms with van der Waals surface area (Å²) in [6, 6.07) is 21.3. The molecule has 0 radical (unpaired) electrons. The molecule has 226 valence electrons. The Labute approximate surface area is 259 Å². The van der Waals surface area contributed by atoms with Gasteiger partial charge in [0.15, 0.2) is 0 Å². The van der Waals surface area contributed by atoms with Crippen LogP contribution >= 0.6 is 11.8 Å². The number of aryl methyl sites for hydroxylation is 2. The van der Waals surface area contributed by atoms with Crippen molar-refractivity contribution < 1.29 is 23.1 Å². The largest absolute Gasteiger partial charge is 0.511 e. The summed E-state index contributed by atoms with van der Waals surface area (Å²) in [5.74, 6) is -0.561. The first kappa shape index (κ1) is 32.2. The van der Waals surface area contributed by atoms with Crippen molar-refractivity contribution in [3.63, 3.8) is 0 Å². The van der Waals surface area contributed by atoms with E-state index >= 15 is 0 Å². The van der Waals surface area contributed by atoms with Gasteiger partial charge in [-0.1, -0.05) is 76.7 Å². The molecular formula is C34H38N2O5S2. The van der Waals surface area contributed by atoms with Crippen molar-refractivity contribution in [2.45, 2.75) is 81.6 Å². The van der Waals surface area contributed by atoms with Crippen LogP contribution in [0.4, 0.5) is 5.69 Å². The van der Waals surface area contributed by atoms with Crippen LogP contribution in [0.5, 0.6) is 0 Å². The average Bonchev–Trinajstić information content (AvgIpc) is 2.95. The molecule has 3 aromatic carbocycles. The second-order valence-corrected chi connectivity index (χ2v) is 15.0. The third-order valence-electron chi connectivity index (χ3n) is 7.83. The Morgan fingerprint density at radius 3 is 2.30 bits per heavy atom. The molecule has 43 heavy (non-hydrogen) atoms. The van der Waals surface area contributed by atoms with Crippen LogP contribution in [0.2, 0.25) is 0 Å². The van der Waals surface area contributed by atoms with Gasteiger partial charge in [0.1, 0.15) is 16.3 Å². The molecule has 0 unspecified atom stereocenters. The van der Waals surface area contributed by atoms with Crippen LogP contribution in [0.1, 0.15) is 69.7 Å². The molecule has 3 aromatic rings. The number of nitrogens with zero attached hydrogens (tertiary/aromatic N) is 1. The average molecular weight is 619 g/mol. The first-order valence-corrected chi connectivity index (χ1v) is 16.5. The monoisotopic (exact) mass is 618 g/mol. The third-order valence-corrected chi connectivity index (χ3v) is 10.4. The summed E-state index contributed by atoms with van der Waals surface area (Å²) in [6.45, 7) is 11.8. The Hall–Kier alpha value is -3.74. The molecule has 1 atom stereocenters. The second-order valence-electron chi connectivity index (χ2n) is 12.3. The lowest BCUT2D eigenvalue weighted by molar-refractivity contribution is -0.164. The van der Waals surface area contributed by atoms with Crippen molar-refractivity contribution in [3.05, 3.63) is 99.6 Å². The maximum Gasteiger partial charge on any atom is 0.349 e. The number of aliphatic hydroxyl groups excluding tert-OH is 1. The summed E-state index contributed by atoms with van der Waals surface area (Å²) in [4.78, 5) is 14.4. The van der Waals surface area contributed by atoms with Crippen molar-refractivity contribution in [2.24, 2.45) is 5.92 Å². The van der Waals surface area contributed by atoms with E-state index in [0.717, 1.165) is 34.2 Å². The van der Waals surface area contributed by atoms with Crippen molar-refractivity contribution >= 4 is 33.4 Å². The van der Waals surface area contributed by atoms with Crippen LogP contribution in [0.25, 0.3) is 0 Å². The van der Waals surface area contributed by atoms with E-state index in [9.17, 15) is 18.3 Å². The number of aliphatic hydroxyl groups is 1. The van der Waals surface area contributed by atoms with Crippen molar-refractivity contribution in [1.29, 1.82) is 5.26 Å². The van der Waals surface area contributed by atoms with Gasteiger partial charge in [0, 0.05) is 11.3 Å². The van der Waals surface area contributed by atoms with Crippen LogP contribution in [-0.2, 0) is 31.4 Å². The number of hydrogen-bond donors (Lipinski definition) is 2. The van der Waals surface area contributed by atoms with E-state index in [-0.39, 0.29) is 27.9 Å². The lowest BCUT2D eigenvalue weighted by atomic mass is 9.80. The molecule has 0 bridgehead atoms. The number of carbonyl (C=O) groups excluding carboxylic acids is 1. The first-order chi connectivity index (χ1) is 20.1. The van der Waals surface area contributed by atoms with Crippen LogP contribution in [0.3, 0.4) is 0 Å². The third kappa shape index (κ3) is 7.26. The number of thioether (sulfide) groups is 1. The smallest absolute Gasteiger partial charge is 0.349 e. The van der Waals surface area contributed by atoms with Gasteiger partial charge < -0.3 is 9.84 Å². The maximum atomic E-state index is 13.5. The molecular weight excluding hydrogens is 581 g/mol. The van der Waals surface area contributed by atoms with Gasteiger partial charge in [-0.3, -0.25) is 4.72 Å². The van der Waals surface area contributed by atoms with Crippen molar-refractivity contribution in [1.82, 2.24) is 0 Å². The minimum Gasteiger partial charge on any atom is -0.511 e. The number of sulfonamides is 1. The quantitative estimate of drug-likeness (QED) is 0.235. The number of nitriles is 1. The van der Waals surface area contributed by atoms with E-state index in [1.165, 1.54) is 24.3 Å². The number of esters is 1. The highest BCUT2D eigenvalue weighted by Gasteiger charge is 2.44. The van der Waals surface area contributed by atoms with Gasteiger partial charge in [0.2, 0.25) is 0 Å². The Morgan fingerprint density at radius 1 is 1.09 bits per heavy atom. The Morgan fingerprint density at radius 2 is 1.74 bits per heavy atom. The van der Waals surface area contributed by atoms with Crippen molar-refractivity contribution in [3.8, 4) is 6.07 Å². The van der Waals surface area contributed by atoms with Crippen LogP contribution < -0.4 is 4.72 Å². The summed E-state index contributed by atoms with van der Waals surface area (Å²) in [7, 11) is -3.92. The zero-order valence-electron chi connectivity index (χ0n) is 25.4. The molecule has 0 fully saturated rings. The normalized spacial score (nSPS) is 17.5. The summed E-state index contributed by atoms with van der Waals surface area (Å²) in [5.41, 5.74) is 2.13. The summed E-state index contributed by atoms with van der Waals surface area (Å²) in [6.07, 6.45) is 1.52. The lowest BCUT2D eigenvalue weighted by Crippen LogP contribution is -2.44. The molecule has 1 aliphatic rings. The highest BCUT2D eigenvalue weighted by Crippen LogP contribution is 2.46. The molecule has 4 rings (SSSR count). The fourth-order valence-electron chi connectivity index (χ4n) is 5.08. The van der Waals surface area contributed by atoms with E-state index in [1.807, 2.05) is 77.1 Å². The molecule has 9 heteroatoms. The summed E-state index contributed by atoms with van der Waals surface area (Å²) < 4.78 is 35.1. The Balaban J connectivity index is 1.64. The number of nitrogens with one attached hydrogen (secondary N) is 1. The highest BCUT2D eigenvalue weighted by molar-refractivity contribution is 8.04. The molecule has 0 saturated heterocycles. The molecule has 0 saturated carbocycles. The van der Waals surface area contributed by atoms with Crippen LogP contribution in [0, 0.1) is 24.2 Å². The Kier molecular flexibility index (Phi) is 9.33. The van der Waals surface area contributed by atoms with Gasteiger partial charge in [0.25, 0.3) is 10.0 Å². The zero-order chi connectivity index (χ0) is 31.6. The lowest BCUT2D eigenvalue weighted by Gasteiger charge is -2.40. The molecule has 0 amide bonds. The van der Waals surface area contributed by atoms with Gasteiger partial charge in [0.05, 0.1) is 22.2 Å². The second kappa shape index (κ2) is 12.5. The molecule has 2 N–H and O–H groups in total. The Bertz CT molecular complexity index is 1680. The maximum absolute atomic E-state index is 13.5. The van der Waals surface area contributed by atoms with E-state index < -0.39 is 27.0 Å². The summed E-state index contributed by atoms with van der Waals surface area (Å²) >= 11 is 1.15. The van der Waals surface area contributed by atoms with Gasteiger partial charge >= 0.3 is 5.97 Å². The van der Waals surface area contributed by atoms with Crippen LogP contribution in [0.15, 0.2) is 87.2 Å². The SMILES string of the molecule is Cc1cc(SC2=C(O)C[C@@](CCc3ccccc3)(C(C)C)OC2=O)c(C(C)(C)C)cc1NS(=O)(=O)c1ccc(C#N)cc1. The number of benzene rings is 3. The zero-order valence-corrected chi connectivity index (χ0v) is 27.0. The number of ether oxygens (including phenoxy) is 1. The first-order valence-electron chi connectivity index (χ1n) is 14.2. The molecule has 1 heterocycles. The number of hydrogen-bond acceptors (Lipinski definition) is 7. The molecule has 0 aromatic heterocycles. The molecule has 0 spiro atoms. The highest BCUT2D eigenvalue weighted by atomic mass is 32.2. The fourth-order valence-corrected chi connectivity index (χ4v) is 7.45. The van der Waals surface area contributed by atoms with Crippen molar-refractivity contribution in [2.75, 3.05) is 4.72 Å². The topological polar surface area (TPSA) is 116 Å². The van der Waals surface area contributed by atoms with E-state index in [0.29, 0.717) is 23.2 Å². The minimum atomic E-state index is -3.92. The predicted molar refractivity (Wildman–Crippen MR) is 170 cm³/mol. The number of carbonyl (C=O) groups is 1. The molecule has 0 aliphatic carbocycles.